The molecule has 0 radical (unpaired) electrons. The van der Waals surface area contributed by atoms with E-state index in [1.54, 1.807) is 12.1 Å². The number of nitrogens with one attached hydrogen (secondary N) is 1. The first-order valence-corrected chi connectivity index (χ1v) is 9.92. The largest absolute Gasteiger partial charge is 0.356 e. The highest BCUT2D eigenvalue weighted by Crippen LogP contribution is 2.19. The van der Waals surface area contributed by atoms with E-state index in [0.29, 0.717) is 18.2 Å². The number of aryl methyl sites for hydroxylation is 1. The van der Waals surface area contributed by atoms with Crippen molar-refractivity contribution in [2.24, 2.45) is 5.92 Å². The van der Waals surface area contributed by atoms with Gasteiger partial charge in [-0.05, 0) is 36.5 Å². The number of amides is 1. The molecule has 1 aromatic carbocycles. The van der Waals surface area contributed by atoms with Gasteiger partial charge in [0.15, 0.2) is 0 Å². The van der Waals surface area contributed by atoms with Gasteiger partial charge < -0.3 is 5.32 Å². The van der Waals surface area contributed by atoms with E-state index in [-0.39, 0.29) is 18.9 Å². The normalized spacial score (nSPS) is 11.5. The predicted molar refractivity (Wildman–Crippen MR) is 95.1 cm³/mol. The summed E-state index contributed by atoms with van der Waals surface area (Å²) >= 11 is 0. The van der Waals surface area contributed by atoms with Crippen molar-refractivity contribution in [3.63, 3.8) is 0 Å². The van der Waals surface area contributed by atoms with E-state index in [9.17, 15) is 13.2 Å². The molecule has 130 valence electrons. The van der Waals surface area contributed by atoms with Crippen LogP contribution in [0.2, 0.25) is 0 Å². The van der Waals surface area contributed by atoms with Gasteiger partial charge in [-0.3, -0.25) is 9.10 Å². The van der Waals surface area contributed by atoms with Crippen molar-refractivity contribution in [3.8, 4) is 0 Å². The average molecular weight is 340 g/mol. The molecular formula is C17H28N2O3S. The first-order chi connectivity index (χ1) is 10.7. The molecule has 0 fully saturated rings. The van der Waals surface area contributed by atoms with Crippen LogP contribution in [0.4, 0.5) is 5.69 Å². The third-order valence-corrected chi connectivity index (χ3v) is 4.81. The zero-order valence-electron chi connectivity index (χ0n) is 14.5. The van der Waals surface area contributed by atoms with Crippen molar-refractivity contribution in [1.82, 2.24) is 5.32 Å². The quantitative estimate of drug-likeness (QED) is 0.751. The molecule has 0 bridgehead atoms. The first kappa shape index (κ1) is 19.5. The van der Waals surface area contributed by atoms with Crippen LogP contribution in [0.5, 0.6) is 0 Å². The van der Waals surface area contributed by atoms with Gasteiger partial charge in [0, 0.05) is 19.5 Å². The summed E-state index contributed by atoms with van der Waals surface area (Å²) in [5, 5.41) is 2.83. The second-order valence-corrected chi connectivity index (χ2v) is 8.04. The monoisotopic (exact) mass is 340 g/mol. The van der Waals surface area contributed by atoms with Crippen molar-refractivity contribution in [3.05, 3.63) is 29.8 Å². The van der Waals surface area contributed by atoms with Crippen molar-refractivity contribution in [1.29, 1.82) is 0 Å². The summed E-state index contributed by atoms with van der Waals surface area (Å²) in [6, 6.07) is 7.40. The van der Waals surface area contributed by atoms with E-state index < -0.39 is 10.0 Å². The molecule has 1 amide bonds. The number of carbonyl (C=O) groups excluding carboxylic acids is 1. The minimum absolute atomic E-state index is 0.121. The van der Waals surface area contributed by atoms with Gasteiger partial charge in [0.25, 0.3) is 0 Å². The summed E-state index contributed by atoms with van der Waals surface area (Å²) < 4.78 is 25.3. The molecule has 0 aliphatic carbocycles. The van der Waals surface area contributed by atoms with Crippen LogP contribution in [0, 0.1) is 5.92 Å². The van der Waals surface area contributed by atoms with Crippen LogP contribution in [-0.2, 0) is 21.2 Å². The molecule has 6 heteroatoms. The summed E-state index contributed by atoms with van der Waals surface area (Å²) in [5.74, 6) is 0.407. The summed E-state index contributed by atoms with van der Waals surface area (Å²) in [5.41, 5.74) is 1.74. The van der Waals surface area contributed by atoms with Gasteiger partial charge in [-0.2, -0.15) is 0 Å². The van der Waals surface area contributed by atoms with Crippen LogP contribution in [0.3, 0.4) is 0 Å². The van der Waals surface area contributed by atoms with Crippen LogP contribution in [0.1, 0.15) is 39.2 Å². The van der Waals surface area contributed by atoms with Crippen LogP contribution in [-0.4, -0.2) is 33.7 Å². The minimum atomic E-state index is -3.41. The highest BCUT2D eigenvalue weighted by atomic mass is 32.2. The van der Waals surface area contributed by atoms with Crippen LogP contribution in [0.15, 0.2) is 24.3 Å². The van der Waals surface area contributed by atoms with Crippen LogP contribution in [0.25, 0.3) is 0 Å². The number of hydrogen-bond acceptors (Lipinski definition) is 3. The number of nitrogens with zero attached hydrogens (tertiary/aromatic N) is 1. The Kier molecular flexibility index (Phi) is 7.55. The topological polar surface area (TPSA) is 66.5 Å². The molecule has 0 aliphatic heterocycles. The van der Waals surface area contributed by atoms with Gasteiger partial charge in [-0.25, -0.2) is 8.42 Å². The Morgan fingerprint density at radius 2 is 1.83 bits per heavy atom. The van der Waals surface area contributed by atoms with Gasteiger partial charge in [-0.15, -0.1) is 0 Å². The molecular weight excluding hydrogens is 312 g/mol. The van der Waals surface area contributed by atoms with E-state index in [2.05, 4.69) is 19.2 Å². The second kappa shape index (κ2) is 8.91. The Hall–Kier alpha value is -1.56. The summed E-state index contributed by atoms with van der Waals surface area (Å²) in [6.07, 6.45) is 3.13. The molecule has 0 heterocycles. The molecule has 23 heavy (non-hydrogen) atoms. The fourth-order valence-electron chi connectivity index (χ4n) is 2.18. The second-order valence-electron chi connectivity index (χ2n) is 6.14. The SMILES string of the molecule is CCc1ccc(N(CCC(=O)NCCC(C)C)S(C)(=O)=O)cc1. The van der Waals surface area contributed by atoms with E-state index in [1.807, 2.05) is 19.1 Å². The first-order valence-electron chi connectivity index (χ1n) is 8.07. The Balaban J connectivity index is 2.67. The van der Waals surface area contributed by atoms with Crippen molar-refractivity contribution < 1.29 is 13.2 Å². The lowest BCUT2D eigenvalue weighted by Gasteiger charge is -2.22. The Bertz CT molecular complexity index is 595. The zero-order chi connectivity index (χ0) is 17.5. The molecule has 0 spiro atoms. The molecule has 1 N–H and O–H groups in total. The fraction of sp³-hybridized carbons (Fsp3) is 0.588. The highest BCUT2D eigenvalue weighted by Gasteiger charge is 2.18. The standard InChI is InChI=1S/C17H28N2O3S/c1-5-15-6-8-16(9-7-15)19(23(4,21)22)13-11-17(20)18-12-10-14(2)3/h6-9,14H,5,10-13H2,1-4H3,(H,18,20). The smallest absolute Gasteiger partial charge is 0.232 e. The van der Waals surface area contributed by atoms with Gasteiger partial charge in [0.05, 0.1) is 11.9 Å². The number of hydrogen-bond donors (Lipinski definition) is 1. The Labute approximate surface area is 140 Å². The summed E-state index contributed by atoms with van der Waals surface area (Å²) in [4.78, 5) is 11.9. The minimum Gasteiger partial charge on any atom is -0.356 e. The van der Waals surface area contributed by atoms with Gasteiger partial charge >= 0.3 is 0 Å². The lowest BCUT2D eigenvalue weighted by Crippen LogP contribution is -2.35. The molecule has 0 saturated heterocycles. The van der Waals surface area contributed by atoms with E-state index in [1.165, 1.54) is 4.31 Å². The maximum atomic E-state index is 12.0. The molecule has 0 unspecified atom stereocenters. The number of carbonyl (C=O) groups is 1. The lowest BCUT2D eigenvalue weighted by molar-refractivity contribution is -0.120. The molecule has 0 saturated carbocycles. The predicted octanol–water partition coefficient (Wildman–Crippen LogP) is 2.57. The number of sulfonamides is 1. The molecule has 0 aromatic heterocycles. The summed E-state index contributed by atoms with van der Waals surface area (Å²) in [7, 11) is -3.41. The number of benzene rings is 1. The molecule has 1 aromatic rings. The van der Waals surface area contributed by atoms with Gasteiger partial charge in [-0.1, -0.05) is 32.9 Å². The van der Waals surface area contributed by atoms with E-state index >= 15 is 0 Å². The average Bonchev–Trinajstić information content (AvgIpc) is 2.46. The lowest BCUT2D eigenvalue weighted by atomic mass is 10.1. The Morgan fingerprint density at radius 3 is 2.30 bits per heavy atom. The number of rotatable bonds is 9. The fourth-order valence-corrected chi connectivity index (χ4v) is 3.10. The van der Waals surface area contributed by atoms with E-state index in [4.69, 9.17) is 0 Å². The third-order valence-electron chi connectivity index (χ3n) is 3.62. The van der Waals surface area contributed by atoms with Gasteiger partial charge in [0.2, 0.25) is 15.9 Å². The third kappa shape index (κ3) is 7.03. The van der Waals surface area contributed by atoms with Crippen LogP contribution >= 0.6 is 0 Å². The van der Waals surface area contributed by atoms with Crippen molar-refractivity contribution >= 4 is 21.6 Å². The molecule has 1 rings (SSSR count). The molecule has 0 aliphatic rings. The number of anilines is 1. The Morgan fingerprint density at radius 1 is 1.22 bits per heavy atom. The molecule has 0 atom stereocenters. The maximum Gasteiger partial charge on any atom is 0.232 e. The zero-order valence-corrected chi connectivity index (χ0v) is 15.3. The van der Waals surface area contributed by atoms with E-state index in [0.717, 1.165) is 24.7 Å². The van der Waals surface area contributed by atoms with Gasteiger partial charge in [0.1, 0.15) is 0 Å². The highest BCUT2D eigenvalue weighted by molar-refractivity contribution is 7.92. The van der Waals surface area contributed by atoms with Crippen molar-refractivity contribution in [2.75, 3.05) is 23.7 Å². The maximum absolute atomic E-state index is 12.0. The molecule has 5 nitrogen and oxygen atoms in total. The van der Waals surface area contributed by atoms with Crippen LogP contribution < -0.4 is 9.62 Å². The summed E-state index contributed by atoms with van der Waals surface area (Å²) in [6.45, 7) is 7.01. The van der Waals surface area contributed by atoms with Crippen molar-refractivity contribution in [2.45, 2.75) is 40.0 Å².